The van der Waals surface area contributed by atoms with E-state index in [-0.39, 0.29) is 35.8 Å². The van der Waals surface area contributed by atoms with Crippen molar-refractivity contribution < 1.29 is 32.8 Å². The first-order chi connectivity index (χ1) is 33.9. The van der Waals surface area contributed by atoms with Gasteiger partial charge in [0.05, 0.1) is 47.0 Å². The van der Waals surface area contributed by atoms with E-state index in [2.05, 4.69) is 52.6 Å². The molecule has 5 amide bonds. The van der Waals surface area contributed by atoms with Crippen LogP contribution in [0.25, 0.3) is 0 Å². The Morgan fingerprint density at radius 1 is 0.843 bits per heavy atom. The van der Waals surface area contributed by atoms with Crippen molar-refractivity contribution in [3.05, 3.63) is 87.9 Å². The Morgan fingerprint density at radius 2 is 1.64 bits per heavy atom. The predicted octanol–water partition coefficient (Wildman–Crippen LogP) is 5.49. The van der Waals surface area contributed by atoms with E-state index in [4.69, 9.17) is 5.10 Å². The van der Waals surface area contributed by atoms with E-state index in [1.54, 1.807) is 25.1 Å². The van der Waals surface area contributed by atoms with Gasteiger partial charge < -0.3 is 29.4 Å². The quantitative estimate of drug-likeness (QED) is 0.223. The monoisotopic (exact) mass is 955 g/mol. The van der Waals surface area contributed by atoms with Crippen LogP contribution >= 0.6 is 0 Å². The van der Waals surface area contributed by atoms with Gasteiger partial charge >= 0.3 is 0 Å². The van der Waals surface area contributed by atoms with Crippen molar-refractivity contribution in [1.29, 1.82) is 0 Å². The fourth-order valence-electron chi connectivity index (χ4n) is 13.3. The maximum atomic E-state index is 15.4. The molecule has 18 heteroatoms. The molecule has 8 aliphatic heterocycles. The Labute approximate surface area is 405 Å². The smallest absolute Gasteiger partial charge is 0.265 e. The van der Waals surface area contributed by atoms with Crippen molar-refractivity contribution >= 4 is 58.1 Å². The highest BCUT2D eigenvalue weighted by Crippen LogP contribution is 2.52. The van der Waals surface area contributed by atoms with E-state index in [1.807, 2.05) is 29.4 Å². The molecule has 0 aliphatic carbocycles. The number of benzene rings is 2. The summed E-state index contributed by atoms with van der Waals surface area (Å²) in [5.41, 5.74) is 7.84. The van der Waals surface area contributed by atoms with Crippen LogP contribution in [0, 0.1) is 5.92 Å². The molecule has 1 atom stereocenters. The number of nitrogens with one attached hydrogen (secondary N) is 1. The number of aromatic nitrogens is 3. The summed E-state index contributed by atoms with van der Waals surface area (Å²) >= 11 is 0. The maximum absolute atomic E-state index is 15.4. The zero-order valence-corrected chi connectivity index (χ0v) is 39.8. The number of pyridine rings is 1. The first kappa shape index (κ1) is 44.9. The molecule has 4 fully saturated rings. The summed E-state index contributed by atoms with van der Waals surface area (Å²) < 4.78 is 33.0. The maximum Gasteiger partial charge on any atom is 0.265 e. The minimum atomic E-state index is -2.69. The second kappa shape index (κ2) is 17.2. The molecule has 70 heavy (non-hydrogen) atoms. The third kappa shape index (κ3) is 7.37. The van der Waals surface area contributed by atoms with Crippen LogP contribution in [0.15, 0.2) is 48.8 Å². The minimum absolute atomic E-state index is 0.00965. The molecule has 12 rings (SSSR count). The van der Waals surface area contributed by atoms with Crippen molar-refractivity contribution in [2.45, 2.75) is 95.2 Å². The van der Waals surface area contributed by atoms with Crippen molar-refractivity contribution in [3.63, 3.8) is 0 Å². The molecule has 10 heterocycles. The van der Waals surface area contributed by atoms with Gasteiger partial charge in [-0.2, -0.15) is 5.10 Å². The fraction of sp³-hybridized carbons (Fsp3) is 0.519. The molecule has 0 saturated carbocycles. The Hall–Kier alpha value is -6.27. The van der Waals surface area contributed by atoms with Crippen molar-refractivity contribution in [3.8, 4) is 0 Å². The topological polar surface area (TPSA) is 151 Å². The predicted molar refractivity (Wildman–Crippen MR) is 257 cm³/mol. The highest BCUT2D eigenvalue weighted by molar-refractivity contribution is 6.25. The summed E-state index contributed by atoms with van der Waals surface area (Å²) in [6.45, 7) is 9.92. The lowest BCUT2D eigenvalue weighted by Gasteiger charge is -2.46. The molecule has 16 nitrogen and oxygen atoms in total. The molecular weight excluding hydrogens is 897 g/mol. The van der Waals surface area contributed by atoms with Crippen LogP contribution in [0.2, 0.25) is 0 Å². The zero-order chi connectivity index (χ0) is 48.2. The average molecular weight is 956 g/mol. The second-order valence-corrected chi connectivity index (χ2v) is 21.0. The van der Waals surface area contributed by atoms with Gasteiger partial charge in [-0.3, -0.25) is 43.9 Å². The largest absolute Gasteiger partial charge is 0.371 e. The number of likely N-dealkylation sites (N-methyl/N-ethyl adjacent to an activating group) is 1. The third-order valence-electron chi connectivity index (χ3n) is 16.7. The second-order valence-electron chi connectivity index (χ2n) is 21.0. The van der Waals surface area contributed by atoms with Gasteiger partial charge in [-0.1, -0.05) is 6.07 Å². The number of likely N-dealkylation sites (tertiary alicyclic amines) is 2. The van der Waals surface area contributed by atoms with Gasteiger partial charge in [-0.05, 0) is 99.4 Å². The number of carbonyl (C=O) groups is 5. The minimum Gasteiger partial charge on any atom is -0.371 e. The number of rotatable bonds is 8. The number of fused-ring (bicyclic) bond motifs is 5. The Balaban J connectivity index is 0.743. The number of carbonyl (C=O) groups excluding carboxylic acids is 5. The van der Waals surface area contributed by atoms with E-state index >= 15 is 8.78 Å². The normalized spacial score (nSPS) is 23.0. The van der Waals surface area contributed by atoms with Gasteiger partial charge in [-0.25, -0.2) is 8.78 Å². The number of hydrogen-bond donors (Lipinski definition) is 1. The van der Waals surface area contributed by atoms with Crippen molar-refractivity contribution in [2.75, 3.05) is 87.2 Å². The first-order valence-corrected chi connectivity index (χ1v) is 25.2. The van der Waals surface area contributed by atoms with Crippen LogP contribution in [-0.2, 0) is 39.2 Å². The molecule has 366 valence electrons. The van der Waals surface area contributed by atoms with Crippen LogP contribution in [0.4, 0.5) is 37.3 Å². The third-order valence-corrected chi connectivity index (χ3v) is 16.7. The summed E-state index contributed by atoms with van der Waals surface area (Å²) in [5.74, 6) is -0.751. The number of alkyl halides is 2. The van der Waals surface area contributed by atoms with Crippen LogP contribution in [-0.4, -0.2) is 142 Å². The lowest BCUT2D eigenvalue weighted by atomic mass is 9.76. The Bertz CT molecular complexity index is 2830. The van der Waals surface area contributed by atoms with Gasteiger partial charge in [0.1, 0.15) is 6.04 Å². The number of hydrogen-bond acceptors (Lipinski definition) is 12. The van der Waals surface area contributed by atoms with E-state index in [0.717, 1.165) is 123 Å². The van der Waals surface area contributed by atoms with Crippen LogP contribution in [0.5, 0.6) is 0 Å². The number of anilines is 5. The molecule has 0 bridgehead atoms. The van der Waals surface area contributed by atoms with Gasteiger partial charge in [0.25, 0.3) is 18.2 Å². The highest BCUT2D eigenvalue weighted by Gasteiger charge is 2.51. The standard InChI is InChI=1S/C52H59F2N11O5/c1-31(66)61-22-15-39-37(27-61)48(62-17-4-5-33-23-43(36(47(53)54)24-42(33)62)63-30-52(28-58(2)29-52)38-10-16-55-25-44(38)63)57-65(39)34-13-18-59(19-14-34)26-32-11-20-60(21-12-32)40-7-3-6-35-46(40)51(70)64(50(35)69)41-8-9-45(67)56-49(41)68/h3,6-7,10,16,23-25,32,34,41,47H,4-5,8-9,11-15,17-22,26-30H2,1-2H3,(H,56,67,68). The van der Waals surface area contributed by atoms with Crippen molar-refractivity contribution in [1.82, 2.24) is 39.7 Å². The molecule has 4 saturated heterocycles. The summed E-state index contributed by atoms with van der Waals surface area (Å²) in [6.07, 6.45) is 7.12. The van der Waals surface area contributed by atoms with Crippen LogP contribution < -0.4 is 20.0 Å². The van der Waals surface area contributed by atoms with E-state index in [0.29, 0.717) is 61.0 Å². The molecule has 1 spiro atoms. The summed E-state index contributed by atoms with van der Waals surface area (Å²) in [4.78, 5) is 83.2. The molecule has 2 aromatic carbocycles. The number of halogens is 2. The first-order valence-electron chi connectivity index (χ1n) is 25.2. The Kier molecular flexibility index (Phi) is 11.1. The molecule has 0 radical (unpaired) electrons. The molecule has 1 N–H and O–H groups in total. The summed E-state index contributed by atoms with van der Waals surface area (Å²) in [6, 6.07) is 10.3. The number of piperidine rings is 3. The number of nitrogens with zero attached hydrogens (tertiary/aromatic N) is 10. The number of aryl methyl sites for hydroxylation is 1. The van der Waals surface area contributed by atoms with Gasteiger partial charge in [0, 0.05) is 119 Å². The van der Waals surface area contributed by atoms with Gasteiger partial charge in [-0.15, -0.1) is 0 Å². The van der Waals surface area contributed by atoms with Crippen molar-refractivity contribution in [2.24, 2.45) is 5.92 Å². The van der Waals surface area contributed by atoms with Crippen LogP contribution in [0.1, 0.15) is 113 Å². The van der Waals surface area contributed by atoms with E-state index in [9.17, 15) is 24.0 Å². The van der Waals surface area contributed by atoms with Gasteiger partial charge in [0.2, 0.25) is 17.7 Å². The van der Waals surface area contributed by atoms with Gasteiger partial charge in [0.15, 0.2) is 5.82 Å². The highest BCUT2D eigenvalue weighted by atomic mass is 19.3. The Morgan fingerprint density at radius 3 is 2.39 bits per heavy atom. The van der Waals surface area contributed by atoms with E-state index in [1.165, 1.54) is 5.56 Å². The molecule has 2 aromatic heterocycles. The molecule has 4 aromatic rings. The summed E-state index contributed by atoms with van der Waals surface area (Å²) in [7, 11) is 2.09. The zero-order valence-electron chi connectivity index (χ0n) is 39.8. The lowest BCUT2D eigenvalue weighted by Crippen LogP contribution is -2.59. The number of amides is 5. The molecule has 8 aliphatic rings. The summed E-state index contributed by atoms with van der Waals surface area (Å²) in [5, 5.41) is 7.69. The molecule has 1 unspecified atom stereocenters. The average Bonchev–Trinajstić information content (AvgIpc) is 3.98. The molecular formula is C52H59F2N11O5. The SMILES string of the molecule is CC(=O)N1CCc2c(c(N3CCCc4cc(N5CC6(CN(C)C6)c6ccncc65)c(C(F)F)cc43)nn2C2CCN(CC3CCN(c4cccc5c4C(=O)N(C4CCC(=O)NC4=O)C5=O)CC3)CC2)C1. The van der Waals surface area contributed by atoms with E-state index < -0.39 is 36.1 Å². The lowest BCUT2D eigenvalue weighted by molar-refractivity contribution is -0.136. The fourth-order valence-corrected chi connectivity index (χ4v) is 13.3. The number of imide groups is 2. The van der Waals surface area contributed by atoms with Crippen LogP contribution in [0.3, 0.4) is 0 Å².